The molecule has 0 fully saturated rings. The number of benzene rings is 1. The second kappa shape index (κ2) is 4.39. The molecule has 0 unspecified atom stereocenters. The molecule has 0 spiro atoms. The van der Waals surface area contributed by atoms with Crippen LogP contribution in [-0.2, 0) is 0 Å². The number of rotatable bonds is 2. The first kappa shape index (κ1) is 11.4. The number of aromatic nitrogens is 2. The molecule has 0 aliphatic heterocycles. The predicted molar refractivity (Wildman–Crippen MR) is 65.6 cm³/mol. The van der Waals surface area contributed by atoms with Crippen LogP contribution in [0.4, 0.5) is 5.69 Å². The Balaban J connectivity index is 2.40. The lowest BCUT2D eigenvalue weighted by molar-refractivity contribution is -0.593. The third-order valence-electron chi connectivity index (χ3n) is 2.33. The number of nitrogens with zero attached hydrogens (tertiary/aromatic N) is 4. The first-order valence-electron chi connectivity index (χ1n) is 4.90. The zero-order chi connectivity index (χ0) is 12.4. The van der Waals surface area contributed by atoms with Crippen molar-refractivity contribution in [3.05, 3.63) is 34.5 Å². The lowest BCUT2D eigenvalue weighted by atomic mass is 10.2. The van der Waals surface area contributed by atoms with E-state index < -0.39 is 0 Å². The zero-order valence-corrected chi connectivity index (χ0v) is 10.2. The molecule has 5 nitrogen and oxygen atoms in total. The number of hydrogen-bond donors (Lipinski definition) is 0. The van der Waals surface area contributed by atoms with E-state index in [2.05, 4.69) is 4.37 Å². The summed E-state index contributed by atoms with van der Waals surface area (Å²) in [5.41, 5.74) is 1.75. The van der Waals surface area contributed by atoms with Crippen LogP contribution in [0.15, 0.2) is 24.3 Å². The first-order chi connectivity index (χ1) is 8.13. The number of anilines is 1. The van der Waals surface area contributed by atoms with Gasteiger partial charge in [0.2, 0.25) is 0 Å². The maximum atomic E-state index is 11.7. The van der Waals surface area contributed by atoms with Crippen LogP contribution < -0.4 is 9.63 Å². The van der Waals surface area contributed by atoms with Crippen LogP contribution in [0.3, 0.4) is 0 Å². The van der Waals surface area contributed by atoms with E-state index in [-0.39, 0.29) is 10.8 Å². The smallest absolute Gasteiger partial charge is 0.349 e. The van der Waals surface area contributed by atoms with Gasteiger partial charge in [0.25, 0.3) is 0 Å². The molecule has 0 aliphatic rings. The van der Waals surface area contributed by atoms with Gasteiger partial charge in [0, 0.05) is 24.2 Å². The molecule has 0 bridgehead atoms. The van der Waals surface area contributed by atoms with Crippen molar-refractivity contribution in [2.24, 2.45) is 0 Å². The highest BCUT2D eigenvalue weighted by Gasteiger charge is 2.18. The van der Waals surface area contributed by atoms with E-state index in [9.17, 15) is 5.21 Å². The molecule has 0 radical (unpaired) electrons. The summed E-state index contributed by atoms with van der Waals surface area (Å²) in [6, 6.07) is 9.26. The summed E-state index contributed by atoms with van der Waals surface area (Å²) in [6.45, 7) is 0. The Labute approximate surface area is 103 Å². The summed E-state index contributed by atoms with van der Waals surface area (Å²) >= 11 is 0.910. The SMILES string of the molecule is CN(C)c1ccc(-c2nsc(C#N)[n+]2[O-])cc1. The Morgan fingerprint density at radius 3 is 2.47 bits per heavy atom. The van der Waals surface area contributed by atoms with Gasteiger partial charge >= 0.3 is 10.8 Å². The molecular formula is C11H10N4OS. The topological polar surface area (TPSA) is 66.9 Å². The van der Waals surface area contributed by atoms with Crippen LogP contribution >= 0.6 is 11.5 Å². The molecule has 1 aromatic carbocycles. The molecule has 2 rings (SSSR count). The Kier molecular flexibility index (Phi) is 2.93. The maximum absolute atomic E-state index is 11.7. The quantitative estimate of drug-likeness (QED) is 0.593. The average Bonchev–Trinajstić information content (AvgIpc) is 2.70. The Hall–Kier alpha value is -2.13. The lowest BCUT2D eigenvalue weighted by Crippen LogP contribution is -2.29. The van der Waals surface area contributed by atoms with E-state index in [0.717, 1.165) is 17.2 Å². The van der Waals surface area contributed by atoms with Crippen molar-refractivity contribution in [3.8, 4) is 17.5 Å². The van der Waals surface area contributed by atoms with Gasteiger partial charge in [-0.1, -0.05) is 0 Å². The van der Waals surface area contributed by atoms with Crippen LogP contribution in [0.5, 0.6) is 0 Å². The largest absolute Gasteiger partial charge is 0.709 e. The molecule has 2 aromatic rings. The van der Waals surface area contributed by atoms with Crippen molar-refractivity contribution < 1.29 is 4.73 Å². The summed E-state index contributed by atoms with van der Waals surface area (Å²) < 4.78 is 4.55. The van der Waals surface area contributed by atoms with Gasteiger partial charge in [-0.25, -0.2) is 4.73 Å². The highest BCUT2D eigenvalue weighted by molar-refractivity contribution is 7.05. The van der Waals surface area contributed by atoms with Crippen molar-refractivity contribution in [2.45, 2.75) is 0 Å². The molecule has 6 heteroatoms. The van der Waals surface area contributed by atoms with Crippen LogP contribution in [0.2, 0.25) is 0 Å². The van der Waals surface area contributed by atoms with Crippen LogP contribution in [0.25, 0.3) is 11.4 Å². The van der Waals surface area contributed by atoms with Crippen molar-refractivity contribution >= 4 is 17.2 Å². The second-order valence-electron chi connectivity index (χ2n) is 3.66. The third-order valence-corrected chi connectivity index (χ3v) is 3.03. The van der Waals surface area contributed by atoms with Crippen LogP contribution in [0, 0.1) is 16.5 Å². The Bertz CT molecular complexity index is 568. The molecule has 0 aliphatic carbocycles. The fourth-order valence-corrected chi connectivity index (χ4v) is 1.96. The van der Waals surface area contributed by atoms with E-state index in [4.69, 9.17) is 5.26 Å². The zero-order valence-electron chi connectivity index (χ0n) is 9.41. The molecular weight excluding hydrogens is 236 g/mol. The minimum absolute atomic E-state index is 0.0525. The van der Waals surface area contributed by atoms with Gasteiger partial charge in [0.15, 0.2) is 17.6 Å². The highest BCUT2D eigenvalue weighted by atomic mass is 32.1. The molecule has 0 saturated carbocycles. The second-order valence-corrected chi connectivity index (χ2v) is 4.41. The highest BCUT2D eigenvalue weighted by Crippen LogP contribution is 2.19. The Morgan fingerprint density at radius 2 is 2.00 bits per heavy atom. The minimum Gasteiger partial charge on any atom is -0.709 e. The summed E-state index contributed by atoms with van der Waals surface area (Å²) in [5.74, 6) is 0.275. The minimum atomic E-state index is 0.0525. The maximum Gasteiger partial charge on any atom is 0.349 e. The predicted octanol–water partition coefficient (Wildman–Crippen LogP) is 1.38. The van der Waals surface area contributed by atoms with Crippen LogP contribution in [-0.4, -0.2) is 18.5 Å². The van der Waals surface area contributed by atoms with Crippen molar-refractivity contribution in [1.82, 2.24) is 4.37 Å². The molecule has 0 atom stereocenters. The molecule has 0 amide bonds. The molecule has 0 N–H and O–H groups in total. The van der Waals surface area contributed by atoms with Crippen molar-refractivity contribution in [3.63, 3.8) is 0 Å². The van der Waals surface area contributed by atoms with Crippen molar-refractivity contribution in [2.75, 3.05) is 19.0 Å². The number of nitriles is 1. The van der Waals surface area contributed by atoms with Gasteiger partial charge in [-0.3, -0.25) is 0 Å². The van der Waals surface area contributed by atoms with E-state index in [1.807, 2.05) is 49.3 Å². The lowest BCUT2D eigenvalue weighted by Gasteiger charge is -2.11. The van der Waals surface area contributed by atoms with E-state index >= 15 is 0 Å². The van der Waals surface area contributed by atoms with Gasteiger partial charge in [-0.2, -0.15) is 5.26 Å². The number of hydrogen-bond acceptors (Lipinski definition) is 5. The Morgan fingerprint density at radius 1 is 1.35 bits per heavy atom. The summed E-state index contributed by atoms with van der Waals surface area (Å²) in [6.07, 6.45) is 0. The van der Waals surface area contributed by atoms with E-state index in [0.29, 0.717) is 10.3 Å². The van der Waals surface area contributed by atoms with E-state index in [1.54, 1.807) is 0 Å². The fourth-order valence-electron chi connectivity index (χ4n) is 1.40. The first-order valence-corrected chi connectivity index (χ1v) is 5.68. The van der Waals surface area contributed by atoms with Gasteiger partial charge in [-0.15, -0.1) is 0 Å². The van der Waals surface area contributed by atoms with Gasteiger partial charge in [0.1, 0.15) is 0 Å². The summed E-state index contributed by atoms with van der Waals surface area (Å²) in [7, 11) is 3.89. The third kappa shape index (κ3) is 2.05. The molecule has 0 saturated heterocycles. The fraction of sp³-hybridized carbons (Fsp3) is 0.182. The monoisotopic (exact) mass is 246 g/mol. The summed E-state index contributed by atoms with van der Waals surface area (Å²) in [5, 5.41) is 20.4. The normalized spacial score (nSPS) is 9.94. The van der Waals surface area contributed by atoms with E-state index in [1.165, 1.54) is 0 Å². The standard InChI is InChI=1S/C11H10N4OS/c1-14(2)9-5-3-8(4-6-9)11-13-17-10(7-12)15(11)16/h3-6H,1-2H3. The molecule has 17 heavy (non-hydrogen) atoms. The average molecular weight is 246 g/mol. The van der Waals surface area contributed by atoms with Gasteiger partial charge in [0.05, 0.1) is 5.56 Å². The molecule has 1 aromatic heterocycles. The summed E-state index contributed by atoms with van der Waals surface area (Å²) in [4.78, 5) is 1.97. The van der Waals surface area contributed by atoms with Crippen molar-refractivity contribution in [1.29, 1.82) is 5.26 Å². The molecule has 86 valence electrons. The van der Waals surface area contributed by atoms with Gasteiger partial charge < -0.3 is 10.1 Å². The van der Waals surface area contributed by atoms with Gasteiger partial charge in [-0.05, 0) is 24.3 Å². The molecule has 1 heterocycles. The van der Waals surface area contributed by atoms with Crippen LogP contribution in [0.1, 0.15) is 5.01 Å².